The van der Waals surface area contributed by atoms with E-state index in [0.717, 1.165) is 29.0 Å². The van der Waals surface area contributed by atoms with E-state index in [1.807, 2.05) is 6.07 Å². The fourth-order valence-electron chi connectivity index (χ4n) is 3.39. The summed E-state index contributed by atoms with van der Waals surface area (Å²) in [6.07, 6.45) is 2.30. The van der Waals surface area contributed by atoms with Gasteiger partial charge in [0.2, 0.25) is 0 Å². The van der Waals surface area contributed by atoms with Crippen LogP contribution in [-0.2, 0) is 19.4 Å². The van der Waals surface area contributed by atoms with Crippen LogP contribution in [0.5, 0.6) is 0 Å². The molecule has 0 atom stereocenters. The summed E-state index contributed by atoms with van der Waals surface area (Å²) in [6, 6.07) is 17.2. The predicted molar refractivity (Wildman–Crippen MR) is 89.7 cm³/mol. The molecule has 3 aromatic rings. The molecule has 21 heavy (non-hydrogen) atoms. The molecule has 2 heteroatoms. The molecule has 2 N–H and O–H groups in total. The molecule has 0 bridgehead atoms. The second kappa shape index (κ2) is 4.87. The average molecular weight is 294 g/mol. The predicted octanol–water partition coefficient (Wildman–Crippen LogP) is 4.72. The van der Waals surface area contributed by atoms with Gasteiger partial charge in [-0.25, -0.2) is 0 Å². The van der Waals surface area contributed by atoms with Crippen molar-refractivity contribution in [1.82, 2.24) is 0 Å². The van der Waals surface area contributed by atoms with Crippen LogP contribution in [0.25, 0.3) is 21.9 Å². The second-order valence-corrected chi connectivity index (χ2v) is 6.04. The minimum absolute atomic E-state index is 0.518. The minimum Gasteiger partial charge on any atom is -0.326 e. The molecule has 0 radical (unpaired) electrons. The Kier molecular flexibility index (Phi) is 2.99. The largest absolute Gasteiger partial charge is 0.326 e. The van der Waals surface area contributed by atoms with E-state index < -0.39 is 0 Å². The number of nitrogens with two attached hydrogens (primary N) is 1. The number of rotatable bonds is 2. The van der Waals surface area contributed by atoms with Crippen molar-refractivity contribution in [2.24, 2.45) is 5.73 Å². The summed E-state index contributed by atoms with van der Waals surface area (Å²) < 4.78 is 0. The Bertz CT molecular complexity index is 841. The van der Waals surface area contributed by atoms with E-state index in [0.29, 0.717) is 6.54 Å². The first-order chi connectivity index (χ1) is 10.3. The Balaban J connectivity index is 2.00. The molecule has 1 nitrogen and oxygen atoms in total. The Hall–Kier alpha value is -1.83. The summed E-state index contributed by atoms with van der Waals surface area (Å²) in [5.41, 5.74) is 12.0. The zero-order chi connectivity index (χ0) is 14.4. The summed E-state index contributed by atoms with van der Waals surface area (Å²) in [4.78, 5) is 0. The van der Waals surface area contributed by atoms with Gasteiger partial charge in [0.1, 0.15) is 0 Å². The van der Waals surface area contributed by atoms with Gasteiger partial charge in [0.15, 0.2) is 0 Å². The lowest BCUT2D eigenvalue weighted by Crippen LogP contribution is -1.96. The highest BCUT2D eigenvalue weighted by molar-refractivity contribution is 6.33. The van der Waals surface area contributed by atoms with Gasteiger partial charge >= 0.3 is 0 Å². The number of aryl methyl sites for hydroxylation is 2. The summed E-state index contributed by atoms with van der Waals surface area (Å²) in [5, 5.41) is 3.51. The molecule has 0 saturated carbocycles. The normalized spacial score (nSPS) is 13.0. The highest BCUT2D eigenvalue weighted by atomic mass is 35.5. The van der Waals surface area contributed by atoms with Crippen LogP contribution in [0.4, 0.5) is 0 Å². The van der Waals surface area contributed by atoms with Gasteiger partial charge in [-0.1, -0.05) is 54.1 Å². The number of hydrogen-bond acceptors (Lipinski definition) is 1. The first-order valence-electron chi connectivity index (χ1n) is 7.30. The van der Waals surface area contributed by atoms with Crippen LogP contribution in [-0.4, -0.2) is 0 Å². The average Bonchev–Trinajstić information content (AvgIpc) is 2.93. The highest BCUT2D eigenvalue weighted by Crippen LogP contribution is 2.39. The van der Waals surface area contributed by atoms with Gasteiger partial charge in [0, 0.05) is 17.1 Å². The maximum absolute atomic E-state index is 6.48. The molecule has 0 fully saturated rings. The molecule has 0 aliphatic heterocycles. The molecule has 1 aliphatic rings. The van der Waals surface area contributed by atoms with Crippen LogP contribution in [0.15, 0.2) is 48.5 Å². The fourth-order valence-corrected chi connectivity index (χ4v) is 3.69. The van der Waals surface area contributed by atoms with E-state index in [2.05, 4.69) is 42.5 Å². The van der Waals surface area contributed by atoms with Crippen molar-refractivity contribution >= 4 is 22.4 Å². The molecule has 0 heterocycles. The van der Waals surface area contributed by atoms with Gasteiger partial charge in [0.25, 0.3) is 0 Å². The lowest BCUT2D eigenvalue weighted by Gasteiger charge is -2.11. The number of benzene rings is 3. The first kappa shape index (κ1) is 12.9. The third-order valence-electron chi connectivity index (χ3n) is 4.44. The maximum Gasteiger partial charge on any atom is 0.0487 e. The standard InChI is InChI=1S/C19H16ClN/c20-18-10-12(11-21)4-8-16(18)15-9-7-14-6-5-13-2-1-3-17(15)19(13)14/h1-4,7-10H,5-6,11,21H2. The number of halogens is 1. The van der Waals surface area contributed by atoms with Gasteiger partial charge < -0.3 is 5.73 Å². The SMILES string of the molecule is NCc1ccc(-c2ccc3c4c(cccc24)CC3)c(Cl)c1. The van der Waals surface area contributed by atoms with Crippen LogP contribution in [0.3, 0.4) is 0 Å². The topological polar surface area (TPSA) is 26.0 Å². The van der Waals surface area contributed by atoms with Crippen molar-refractivity contribution in [3.63, 3.8) is 0 Å². The zero-order valence-electron chi connectivity index (χ0n) is 11.7. The van der Waals surface area contributed by atoms with Crippen molar-refractivity contribution in [1.29, 1.82) is 0 Å². The summed E-state index contributed by atoms with van der Waals surface area (Å²) >= 11 is 6.48. The molecular weight excluding hydrogens is 278 g/mol. The Labute approximate surface area is 129 Å². The summed E-state index contributed by atoms with van der Waals surface area (Å²) in [6.45, 7) is 0.518. The van der Waals surface area contributed by atoms with Gasteiger partial charge in [-0.05, 0) is 51.9 Å². The molecule has 0 spiro atoms. The molecule has 1 aliphatic carbocycles. The molecule has 0 aromatic heterocycles. The van der Waals surface area contributed by atoms with Crippen LogP contribution >= 0.6 is 11.6 Å². The van der Waals surface area contributed by atoms with E-state index in [4.69, 9.17) is 17.3 Å². The Morgan fingerprint density at radius 3 is 2.43 bits per heavy atom. The van der Waals surface area contributed by atoms with Crippen LogP contribution in [0.2, 0.25) is 5.02 Å². The lowest BCUT2D eigenvalue weighted by atomic mass is 9.95. The van der Waals surface area contributed by atoms with Gasteiger partial charge in [-0.15, -0.1) is 0 Å². The van der Waals surface area contributed by atoms with Crippen molar-refractivity contribution in [2.45, 2.75) is 19.4 Å². The first-order valence-corrected chi connectivity index (χ1v) is 7.68. The van der Waals surface area contributed by atoms with Crippen molar-refractivity contribution in [3.8, 4) is 11.1 Å². The van der Waals surface area contributed by atoms with E-state index in [9.17, 15) is 0 Å². The minimum atomic E-state index is 0.518. The second-order valence-electron chi connectivity index (χ2n) is 5.63. The molecule has 4 rings (SSSR count). The maximum atomic E-state index is 6.48. The van der Waals surface area contributed by atoms with Crippen LogP contribution in [0, 0.1) is 0 Å². The van der Waals surface area contributed by atoms with E-state index in [-0.39, 0.29) is 0 Å². The van der Waals surface area contributed by atoms with Crippen molar-refractivity contribution < 1.29 is 0 Å². The van der Waals surface area contributed by atoms with E-state index >= 15 is 0 Å². The summed E-state index contributed by atoms with van der Waals surface area (Å²) in [7, 11) is 0. The van der Waals surface area contributed by atoms with Gasteiger partial charge in [-0.3, -0.25) is 0 Å². The van der Waals surface area contributed by atoms with E-state index in [1.165, 1.54) is 27.5 Å². The molecule has 0 unspecified atom stereocenters. The smallest absolute Gasteiger partial charge is 0.0487 e. The molecule has 0 saturated heterocycles. The number of hydrogen-bond donors (Lipinski definition) is 1. The van der Waals surface area contributed by atoms with Gasteiger partial charge in [0.05, 0.1) is 0 Å². The lowest BCUT2D eigenvalue weighted by molar-refractivity contribution is 1.02. The molecular formula is C19H16ClN. The molecule has 104 valence electrons. The van der Waals surface area contributed by atoms with Crippen molar-refractivity contribution in [3.05, 3.63) is 70.2 Å². The molecule has 3 aromatic carbocycles. The van der Waals surface area contributed by atoms with Crippen molar-refractivity contribution in [2.75, 3.05) is 0 Å². The Morgan fingerprint density at radius 2 is 1.67 bits per heavy atom. The Morgan fingerprint density at radius 1 is 0.905 bits per heavy atom. The monoisotopic (exact) mass is 293 g/mol. The van der Waals surface area contributed by atoms with E-state index in [1.54, 1.807) is 0 Å². The third-order valence-corrected chi connectivity index (χ3v) is 4.75. The molecule has 0 amide bonds. The fraction of sp³-hybridized carbons (Fsp3) is 0.158. The van der Waals surface area contributed by atoms with Gasteiger partial charge in [-0.2, -0.15) is 0 Å². The van der Waals surface area contributed by atoms with Crippen LogP contribution < -0.4 is 5.73 Å². The third kappa shape index (κ3) is 1.97. The summed E-state index contributed by atoms with van der Waals surface area (Å²) in [5.74, 6) is 0. The highest BCUT2D eigenvalue weighted by Gasteiger charge is 2.17. The van der Waals surface area contributed by atoms with Crippen LogP contribution in [0.1, 0.15) is 16.7 Å². The zero-order valence-corrected chi connectivity index (χ0v) is 12.5. The quantitative estimate of drug-likeness (QED) is 0.727.